The van der Waals surface area contributed by atoms with Crippen LogP contribution in [0.3, 0.4) is 0 Å². The van der Waals surface area contributed by atoms with E-state index in [1.54, 1.807) is 0 Å². The summed E-state index contributed by atoms with van der Waals surface area (Å²) in [5.41, 5.74) is 2.24. The summed E-state index contributed by atoms with van der Waals surface area (Å²) in [7, 11) is 0. The number of aromatic nitrogens is 1. The normalized spacial score (nSPS) is 10.2. The molecule has 1 N–H and O–H groups in total. The summed E-state index contributed by atoms with van der Waals surface area (Å²) in [6.45, 7) is 2.06. The predicted molar refractivity (Wildman–Crippen MR) is 74.1 cm³/mol. The fourth-order valence-electron chi connectivity index (χ4n) is 1.34. The van der Waals surface area contributed by atoms with Crippen molar-refractivity contribution in [3.63, 3.8) is 0 Å². The van der Waals surface area contributed by atoms with E-state index in [4.69, 9.17) is 0 Å². The number of hydrogen-bond acceptors (Lipinski definition) is 2. The Morgan fingerprint density at radius 3 is 2.69 bits per heavy atom. The first-order chi connectivity index (χ1) is 7.65. The fourth-order valence-corrected chi connectivity index (χ4v) is 2.05. The molecule has 1 heterocycles. The second-order valence-corrected chi connectivity index (χ2v) is 5.16. The minimum absolute atomic E-state index is 0.824. The van der Waals surface area contributed by atoms with E-state index in [0.29, 0.717) is 0 Å². The topological polar surface area (TPSA) is 24.9 Å². The van der Waals surface area contributed by atoms with E-state index < -0.39 is 0 Å². The van der Waals surface area contributed by atoms with Gasteiger partial charge in [0.2, 0.25) is 0 Å². The molecule has 2 nitrogen and oxygen atoms in total. The van der Waals surface area contributed by atoms with Crippen LogP contribution in [0.4, 0.5) is 11.5 Å². The Morgan fingerprint density at radius 1 is 1.12 bits per heavy atom. The maximum atomic E-state index is 4.33. The lowest BCUT2D eigenvalue weighted by Crippen LogP contribution is -1.95. The molecule has 0 amide bonds. The summed E-state index contributed by atoms with van der Waals surface area (Å²) in [5, 5.41) is 3.28. The van der Waals surface area contributed by atoms with E-state index in [2.05, 4.69) is 55.2 Å². The lowest BCUT2D eigenvalue weighted by atomic mass is 10.2. The van der Waals surface area contributed by atoms with Crippen molar-refractivity contribution in [2.75, 3.05) is 5.32 Å². The van der Waals surface area contributed by atoms with Crippen molar-refractivity contribution in [2.45, 2.75) is 6.92 Å². The molecule has 4 heteroatoms. The maximum Gasteiger partial charge on any atom is 0.131 e. The monoisotopic (exact) mass is 340 g/mol. The van der Waals surface area contributed by atoms with Crippen LogP contribution in [0, 0.1) is 6.92 Å². The highest BCUT2D eigenvalue weighted by Gasteiger charge is 2.01. The Balaban J connectivity index is 2.30. The van der Waals surface area contributed by atoms with Crippen LogP contribution in [-0.2, 0) is 0 Å². The van der Waals surface area contributed by atoms with Crippen LogP contribution in [-0.4, -0.2) is 4.98 Å². The molecule has 0 saturated heterocycles. The zero-order valence-electron chi connectivity index (χ0n) is 8.67. The van der Waals surface area contributed by atoms with Crippen molar-refractivity contribution in [1.82, 2.24) is 4.98 Å². The summed E-state index contributed by atoms with van der Waals surface area (Å²) in [5.74, 6) is 0.829. The molecule has 0 aliphatic carbocycles. The molecule has 0 aliphatic heterocycles. The smallest absolute Gasteiger partial charge is 0.131 e. The first kappa shape index (κ1) is 11.6. The molecular formula is C12H10Br2N2. The number of hydrogen-bond donors (Lipinski definition) is 1. The fraction of sp³-hybridized carbons (Fsp3) is 0.0833. The van der Waals surface area contributed by atoms with Gasteiger partial charge in [0.15, 0.2) is 0 Å². The molecule has 1 aromatic heterocycles. The van der Waals surface area contributed by atoms with E-state index in [9.17, 15) is 0 Å². The highest BCUT2D eigenvalue weighted by atomic mass is 79.9. The number of pyridine rings is 1. The molecular weight excluding hydrogens is 332 g/mol. The van der Waals surface area contributed by atoms with Crippen LogP contribution < -0.4 is 5.32 Å². The minimum Gasteiger partial charge on any atom is -0.340 e. The summed E-state index contributed by atoms with van der Waals surface area (Å²) in [4.78, 5) is 4.33. The zero-order valence-corrected chi connectivity index (χ0v) is 11.8. The van der Waals surface area contributed by atoms with Gasteiger partial charge >= 0.3 is 0 Å². The summed E-state index contributed by atoms with van der Waals surface area (Å²) in [6, 6.07) is 11.9. The molecule has 0 saturated carbocycles. The molecule has 82 valence electrons. The molecule has 0 bridgehead atoms. The standard InChI is InChI=1S/C12H10Br2N2/c1-8-5-6-9(13)7-10(8)15-12-4-2-3-11(14)16-12/h2-7H,1H3,(H,15,16). The van der Waals surface area contributed by atoms with E-state index in [0.717, 1.165) is 20.6 Å². The summed E-state index contributed by atoms with van der Waals surface area (Å²) >= 11 is 6.80. The van der Waals surface area contributed by atoms with Crippen LogP contribution >= 0.6 is 31.9 Å². The van der Waals surface area contributed by atoms with Gasteiger partial charge in [-0.2, -0.15) is 0 Å². The van der Waals surface area contributed by atoms with E-state index in [1.807, 2.05) is 30.3 Å². The molecule has 0 aliphatic rings. The van der Waals surface area contributed by atoms with Crippen molar-refractivity contribution in [3.8, 4) is 0 Å². The molecule has 2 aromatic rings. The maximum absolute atomic E-state index is 4.33. The molecule has 0 fully saturated rings. The number of halogens is 2. The lowest BCUT2D eigenvalue weighted by molar-refractivity contribution is 1.26. The first-order valence-corrected chi connectivity index (χ1v) is 6.39. The van der Waals surface area contributed by atoms with E-state index in [1.165, 1.54) is 5.56 Å². The predicted octanol–water partition coefficient (Wildman–Crippen LogP) is 4.66. The van der Waals surface area contributed by atoms with Gasteiger partial charge in [-0.15, -0.1) is 0 Å². The number of nitrogens with zero attached hydrogens (tertiary/aromatic N) is 1. The average Bonchev–Trinajstić information content (AvgIpc) is 2.24. The second-order valence-electron chi connectivity index (χ2n) is 3.43. The zero-order chi connectivity index (χ0) is 11.5. The number of benzene rings is 1. The van der Waals surface area contributed by atoms with Gasteiger partial charge < -0.3 is 5.32 Å². The SMILES string of the molecule is Cc1ccc(Br)cc1Nc1cccc(Br)n1. The van der Waals surface area contributed by atoms with Crippen molar-refractivity contribution in [2.24, 2.45) is 0 Å². The first-order valence-electron chi connectivity index (χ1n) is 4.81. The minimum atomic E-state index is 0.824. The summed E-state index contributed by atoms with van der Waals surface area (Å²) < 4.78 is 1.88. The lowest BCUT2D eigenvalue weighted by Gasteiger charge is -2.09. The number of nitrogens with one attached hydrogen (secondary N) is 1. The van der Waals surface area contributed by atoms with Crippen molar-refractivity contribution in [1.29, 1.82) is 0 Å². The van der Waals surface area contributed by atoms with Gasteiger partial charge in [-0.1, -0.05) is 28.1 Å². The van der Waals surface area contributed by atoms with Crippen LogP contribution in [0.5, 0.6) is 0 Å². The Labute approximate surface area is 111 Å². The van der Waals surface area contributed by atoms with E-state index in [-0.39, 0.29) is 0 Å². The van der Waals surface area contributed by atoms with Gasteiger partial charge in [-0.05, 0) is 52.7 Å². The molecule has 1 aromatic carbocycles. The van der Waals surface area contributed by atoms with Crippen LogP contribution in [0.1, 0.15) is 5.56 Å². The molecule has 0 radical (unpaired) electrons. The van der Waals surface area contributed by atoms with Gasteiger partial charge in [0.05, 0.1) is 0 Å². The average molecular weight is 342 g/mol. The largest absolute Gasteiger partial charge is 0.340 e. The number of rotatable bonds is 2. The van der Waals surface area contributed by atoms with Gasteiger partial charge in [-0.25, -0.2) is 4.98 Å². The molecule has 16 heavy (non-hydrogen) atoms. The van der Waals surface area contributed by atoms with Crippen LogP contribution in [0.25, 0.3) is 0 Å². The quantitative estimate of drug-likeness (QED) is 0.803. The Kier molecular flexibility index (Phi) is 3.61. The summed E-state index contributed by atoms with van der Waals surface area (Å²) in [6.07, 6.45) is 0. The number of anilines is 2. The third-order valence-corrected chi connectivity index (χ3v) is 3.11. The third kappa shape index (κ3) is 2.83. The van der Waals surface area contributed by atoms with Crippen molar-refractivity contribution < 1.29 is 0 Å². The molecule has 2 rings (SSSR count). The van der Waals surface area contributed by atoms with Crippen molar-refractivity contribution in [3.05, 3.63) is 51.0 Å². The highest BCUT2D eigenvalue weighted by molar-refractivity contribution is 9.10. The molecule has 0 atom stereocenters. The third-order valence-electron chi connectivity index (χ3n) is 2.18. The Bertz CT molecular complexity index is 512. The Hall–Kier alpha value is -0.870. The van der Waals surface area contributed by atoms with E-state index >= 15 is 0 Å². The number of aryl methyl sites for hydroxylation is 1. The molecule has 0 unspecified atom stereocenters. The van der Waals surface area contributed by atoms with Gasteiger partial charge in [-0.3, -0.25) is 0 Å². The Morgan fingerprint density at radius 2 is 1.94 bits per heavy atom. The van der Waals surface area contributed by atoms with Gasteiger partial charge in [0, 0.05) is 10.2 Å². The molecule has 0 spiro atoms. The van der Waals surface area contributed by atoms with Crippen LogP contribution in [0.15, 0.2) is 45.5 Å². The second kappa shape index (κ2) is 4.97. The highest BCUT2D eigenvalue weighted by Crippen LogP contribution is 2.24. The van der Waals surface area contributed by atoms with Gasteiger partial charge in [0.25, 0.3) is 0 Å². The van der Waals surface area contributed by atoms with Gasteiger partial charge in [0.1, 0.15) is 10.4 Å². The van der Waals surface area contributed by atoms with Crippen LogP contribution in [0.2, 0.25) is 0 Å². The van der Waals surface area contributed by atoms with Crippen molar-refractivity contribution >= 4 is 43.4 Å².